The summed E-state index contributed by atoms with van der Waals surface area (Å²) < 4.78 is 30.4. The molecule has 0 amide bonds. The lowest BCUT2D eigenvalue weighted by molar-refractivity contribution is -0.278. The van der Waals surface area contributed by atoms with Gasteiger partial charge in [-0.05, 0) is 42.0 Å². The Morgan fingerprint density at radius 2 is 1.27 bits per heavy atom. The van der Waals surface area contributed by atoms with Crippen molar-refractivity contribution in [2.24, 2.45) is 0 Å². The van der Waals surface area contributed by atoms with Gasteiger partial charge in [0.25, 0.3) is 0 Å². The molecule has 16 nitrogen and oxygen atoms in total. The zero-order valence-corrected chi connectivity index (χ0v) is 27.6. The van der Waals surface area contributed by atoms with E-state index in [2.05, 4.69) is 0 Å². The van der Waals surface area contributed by atoms with E-state index in [1.807, 2.05) is 30.3 Å². The molecule has 0 bridgehead atoms. The van der Waals surface area contributed by atoms with Gasteiger partial charge in [0.2, 0.25) is 18.5 Å². The number of rotatable bonds is 11. The van der Waals surface area contributed by atoms with Crippen LogP contribution in [0.25, 0.3) is 16.9 Å². The molecule has 10 atom stereocenters. The standard InChI is InChI=1S/C36H39N3O13/c40-16-25-27(42)29(44)31(46)35(50-25)49-20-10-8-19(9-11-20)24-15-39-33(22(37-24)13-18-5-2-1-3-6-18)38-23(14-21-7-4-12-48-21)34(39)52-36-32(47)30(45)28(43)26(17-41)51-36/h1-12,15,25-32,35-36,40-47H,13-14,16-17H2/t25-,26-,27-,28-,29+,30+,31-,32-,35-,36+/m1/s1. The highest BCUT2D eigenvalue weighted by atomic mass is 16.7. The molecule has 0 saturated carbocycles. The first-order chi connectivity index (χ1) is 25.1. The lowest BCUT2D eigenvalue weighted by Gasteiger charge is -2.39. The van der Waals surface area contributed by atoms with Crippen LogP contribution in [0.3, 0.4) is 0 Å². The summed E-state index contributed by atoms with van der Waals surface area (Å²) in [5.41, 5.74) is 3.43. The molecule has 0 radical (unpaired) electrons. The van der Waals surface area contributed by atoms with Crippen LogP contribution < -0.4 is 9.47 Å². The maximum absolute atomic E-state index is 10.9. The second-order valence-corrected chi connectivity index (χ2v) is 12.7. The number of benzene rings is 2. The molecule has 16 heteroatoms. The number of nitrogens with zero attached hydrogens (tertiary/aromatic N) is 3. The second-order valence-electron chi connectivity index (χ2n) is 12.7. The fourth-order valence-electron chi connectivity index (χ4n) is 6.28. The van der Waals surface area contributed by atoms with Crippen LogP contribution >= 0.6 is 0 Å². The molecule has 0 unspecified atom stereocenters. The van der Waals surface area contributed by atoms with Crippen molar-refractivity contribution < 1.29 is 64.2 Å². The number of hydrogen-bond acceptors (Lipinski definition) is 15. The van der Waals surface area contributed by atoms with Crippen LogP contribution in [0, 0.1) is 0 Å². The highest BCUT2D eigenvalue weighted by molar-refractivity contribution is 5.64. The van der Waals surface area contributed by atoms with Gasteiger partial charge in [-0.3, -0.25) is 4.40 Å². The number of ether oxygens (including phenoxy) is 4. The number of hydrogen-bond donors (Lipinski definition) is 8. The maximum atomic E-state index is 10.9. The molecule has 5 aromatic rings. The topological polar surface area (TPSA) is 242 Å². The van der Waals surface area contributed by atoms with Gasteiger partial charge < -0.3 is 64.2 Å². The molecule has 2 aliphatic heterocycles. The number of aromatic nitrogens is 3. The molecular formula is C36H39N3O13. The number of furan rings is 1. The Bertz CT molecular complexity index is 1920. The average molecular weight is 722 g/mol. The fraction of sp³-hybridized carbons (Fsp3) is 0.389. The molecule has 2 saturated heterocycles. The van der Waals surface area contributed by atoms with Crippen LogP contribution in [0.1, 0.15) is 22.7 Å². The smallest absolute Gasteiger partial charge is 0.231 e. The van der Waals surface area contributed by atoms with Crippen molar-refractivity contribution in [1.82, 2.24) is 14.4 Å². The second kappa shape index (κ2) is 15.3. The van der Waals surface area contributed by atoms with Gasteiger partial charge in [0, 0.05) is 18.2 Å². The zero-order valence-electron chi connectivity index (χ0n) is 27.6. The molecule has 276 valence electrons. The Hall–Kier alpha value is -4.46. The van der Waals surface area contributed by atoms with Crippen molar-refractivity contribution in [3.8, 4) is 22.9 Å². The molecular weight excluding hydrogens is 682 g/mol. The number of aliphatic hydroxyl groups excluding tert-OH is 8. The zero-order chi connectivity index (χ0) is 36.5. The first-order valence-corrected chi connectivity index (χ1v) is 16.7. The lowest BCUT2D eigenvalue weighted by atomic mass is 9.99. The Balaban J connectivity index is 1.28. The lowest BCUT2D eigenvalue weighted by Crippen LogP contribution is -2.60. The minimum Gasteiger partial charge on any atom is -0.469 e. The van der Waals surface area contributed by atoms with Gasteiger partial charge >= 0.3 is 0 Å². The number of aliphatic hydroxyl groups is 8. The predicted molar refractivity (Wildman–Crippen MR) is 178 cm³/mol. The van der Waals surface area contributed by atoms with E-state index in [1.165, 1.54) is 6.26 Å². The van der Waals surface area contributed by atoms with E-state index in [0.29, 0.717) is 40.5 Å². The normalized spacial score (nSPS) is 29.3. The van der Waals surface area contributed by atoms with E-state index >= 15 is 0 Å². The summed E-state index contributed by atoms with van der Waals surface area (Å²) in [5.74, 6) is 0.958. The quantitative estimate of drug-likeness (QED) is 0.0860. The van der Waals surface area contributed by atoms with Crippen molar-refractivity contribution in [3.05, 3.63) is 102 Å². The van der Waals surface area contributed by atoms with Crippen molar-refractivity contribution >= 4 is 5.65 Å². The highest BCUT2D eigenvalue weighted by Gasteiger charge is 2.46. The van der Waals surface area contributed by atoms with Gasteiger partial charge in [0.15, 0.2) is 5.65 Å². The Kier molecular flexibility index (Phi) is 10.5. The van der Waals surface area contributed by atoms with E-state index in [9.17, 15) is 40.9 Å². The minimum atomic E-state index is -1.68. The van der Waals surface area contributed by atoms with E-state index in [0.717, 1.165) is 5.56 Å². The molecule has 52 heavy (non-hydrogen) atoms. The summed E-state index contributed by atoms with van der Waals surface area (Å²) in [5, 5.41) is 81.7. The Labute approximate surface area is 296 Å². The molecule has 2 aliphatic rings. The third kappa shape index (κ3) is 7.13. The van der Waals surface area contributed by atoms with Gasteiger partial charge in [0.05, 0.1) is 37.3 Å². The van der Waals surface area contributed by atoms with Crippen LogP contribution in [0.4, 0.5) is 0 Å². The maximum Gasteiger partial charge on any atom is 0.231 e. The van der Waals surface area contributed by atoms with Crippen LogP contribution in [0.15, 0.2) is 83.6 Å². The van der Waals surface area contributed by atoms with Gasteiger partial charge in [-0.15, -0.1) is 0 Å². The van der Waals surface area contributed by atoms with E-state index in [-0.39, 0.29) is 18.1 Å². The third-order valence-electron chi connectivity index (χ3n) is 9.16. The molecule has 5 heterocycles. The monoisotopic (exact) mass is 721 g/mol. The van der Waals surface area contributed by atoms with Gasteiger partial charge in [-0.1, -0.05) is 30.3 Å². The van der Waals surface area contributed by atoms with Crippen molar-refractivity contribution in [3.63, 3.8) is 0 Å². The van der Waals surface area contributed by atoms with Crippen molar-refractivity contribution in [2.75, 3.05) is 13.2 Å². The summed E-state index contributed by atoms with van der Waals surface area (Å²) >= 11 is 0. The van der Waals surface area contributed by atoms with Crippen LogP contribution in [0.5, 0.6) is 11.6 Å². The number of fused-ring (bicyclic) bond motifs is 1. The molecule has 8 N–H and O–H groups in total. The summed E-state index contributed by atoms with van der Waals surface area (Å²) in [6.07, 6.45) is -11.1. The van der Waals surface area contributed by atoms with Crippen molar-refractivity contribution in [2.45, 2.75) is 74.3 Å². The largest absolute Gasteiger partial charge is 0.469 e. The molecule has 0 aliphatic carbocycles. The summed E-state index contributed by atoms with van der Waals surface area (Å²) in [6.45, 7) is -1.23. The van der Waals surface area contributed by atoms with Crippen LogP contribution in [-0.2, 0) is 22.3 Å². The molecule has 2 aromatic carbocycles. The van der Waals surface area contributed by atoms with Crippen molar-refractivity contribution in [1.29, 1.82) is 0 Å². The molecule has 2 fully saturated rings. The van der Waals surface area contributed by atoms with Gasteiger partial charge in [-0.25, -0.2) is 9.97 Å². The first-order valence-electron chi connectivity index (χ1n) is 16.7. The Morgan fingerprint density at radius 3 is 1.87 bits per heavy atom. The molecule has 0 spiro atoms. The average Bonchev–Trinajstić information content (AvgIpc) is 3.80. The minimum absolute atomic E-state index is 0.135. The Morgan fingerprint density at radius 1 is 0.635 bits per heavy atom. The van der Waals surface area contributed by atoms with Crippen LogP contribution in [0.2, 0.25) is 0 Å². The first kappa shape index (κ1) is 35.9. The summed E-state index contributed by atoms with van der Waals surface area (Å²) in [6, 6.07) is 19.7. The summed E-state index contributed by atoms with van der Waals surface area (Å²) in [7, 11) is 0. The SMILES string of the molecule is OC[C@H]1O[C@@H](Oc2ccc(-c3cn4c(O[C@@H]5O[C@H](CO)[C@@H](O)[C@H](O)[C@H]5O)c(Cc5ccco5)nc4c(Cc4ccccc4)n3)cc2)[C@H](O)[C@@H](O)[C@@H]1O. The molecule has 3 aromatic heterocycles. The molecule has 7 rings (SSSR count). The van der Waals surface area contributed by atoms with Gasteiger partial charge in [0.1, 0.15) is 66.0 Å². The van der Waals surface area contributed by atoms with E-state index < -0.39 is 74.6 Å². The third-order valence-corrected chi connectivity index (χ3v) is 9.16. The highest BCUT2D eigenvalue weighted by Crippen LogP contribution is 2.33. The van der Waals surface area contributed by atoms with E-state index in [4.69, 9.17) is 33.3 Å². The van der Waals surface area contributed by atoms with Gasteiger partial charge in [-0.2, -0.15) is 0 Å². The van der Waals surface area contributed by atoms with Crippen LogP contribution in [-0.4, -0.2) is 130 Å². The number of imidazole rings is 1. The predicted octanol–water partition coefficient (Wildman–Crippen LogP) is -0.472. The summed E-state index contributed by atoms with van der Waals surface area (Å²) in [4.78, 5) is 9.88. The fourth-order valence-corrected chi connectivity index (χ4v) is 6.28. The van der Waals surface area contributed by atoms with E-state index in [1.54, 1.807) is 47.0 Å².